The highest BCUT2D eigenvalue weighted by Gasteiger charge is 2.21. The standard InChI is InChI=1S/C24H20N6OS/c1-15-7-3-6-10-20(15)30-22(17-11-13-25-14-12-17)28-29-24(30)32-16(2)21-26-19-9-5-4-8-18(19)23(31)27-21/h3-14,16H,1-2H3,(H,26,27,31). The molecule has 3 heterocycles. The van der Waals surface area contributed by atoms with Crippen molar-refractivity contribution >= 4 is 22.7 Å². The molecule has 8 heteroatoms. The first-order valence-electron chi connectivity index (χ1n) is 10.2. The Kier molecular flexibility index (Phi) is 5.28. The van der Waals surface area contributed by atoms with Gasteiger partial charge in [-0.3, -0.25) is 14.3 Å². The maximum Gasteiger partial charge on any atom is 0.258 e. The third-order valence-corrected chi connectivity index (χ3v) is 6.28. The van der Waals surface area contributed by atoms with Gasteiger partial charge in [0.15, 0.2) is 11.0 Å². The number of pyridine rings is 1. The fourth-order valence-corrected chi connectivity index (χ4v) is 4.49. The first-order valence-corrected chi connectivity index (χ1v) is 11.1. The molecular weight excluding hydrogens is 420 g/mol. The van der Waals surface area contributed by atoms with Gasteiger partial charge in [-0.15, -0.1) is 10.2 Å². The van der Waals surface area contributed by atoms with E-state index in [4.69, 9.17) is 0 Å². The average molecular weight is 441 g/mol. The number of fused-ring (bicyclic) bond motifs is 1. The van der Waals surface area contributed by atoms with Crippen LogP contribution in [-0.4, -0.2) is 29.7 Å². The second-order valence-electron chi connectivity index (χ2n) is 7.39. The summed E-state index contributed by atoms with van der Waals surface area (Å²) in [7, 11) is 0. The second kappa shape index (κ2) is 8.39. The van der Waals surface area contributed by atoms with E-state index in [0.29, 0.717) is 16.7 Å². The summed E-state index contributed by atoms with van der Waals surface area (Å²) in [6.07, 6.45) is 3.48. The summed E-state index contributed by atoms with van der Waals surface area (Å²) < 4.78 is 2.05. The molecule has 7 nitrogen and oxygen atoms in total. The molecule has 0 saturated carbocycles. The van der Waals surface area contributed by atoms with E-state index in [9.17, 15) is 4.79 Å². The van der Waals surface area contributed by atoms with Crippen LogP contribution in [0.1, 0.15) is 23.6 Å². The smallest absolute Gasteiger partial charge is 0.258 e. The summed E-state index contributed by atoms with van der Waals surface area (Å²) in [4.78, 5) is 24.3. The maximum atomic E-state index is 12.5. The topological polar surface area (TPSA) is 89.4 Å². The summed E-state index contributed by atoms with van der Waals surface area (Å²) in [5.74, 6) is 1.33. The molecule has 0 aliphatic heterocycles. The fourth-order valence-electron chi connectivity index (χ4n) is 3.58. The Bertz CT molecular complexity index is 1460. The van der Waals surface area contributed by atoms with Gasteiger partial charge in [0.05, 0.1) is 21.8 Å². The lowest BCUT2D eigenvalue weighted by atomic mass is 10.2. The lowest BCUT2D eigenvalue weighted by molar-refractivity contribution is 0.859. The van der Waals surface area contributed by atoms with Crippen LogP contribution >= 0.6 is 11.8 Å². The Labute approximate surface area is 188 Å². The first kappa shape index (κ1) is 20.1. The molecule has 3 aromatic heterocycles. The number of aryl methyl sites for hydroxylation is 1. The molecule has 2 aromatic carbocycles. The van der Waals surface area contributed by atoms with Gasteiger partial charge >= 0.3 is 0 Å². The van der Waals surface area contributed by atoms with Crippen molar-refractivity contribution in [2.75, 3.05) is 0 Å². The molecule has 1 unspecified atom stereocenters. The summed E-state index contributed by atoms with van der Waals surface area (Å²) >= 11 is 1.50. The fraction of sp³-hybridized carbons (Fsp3) is 0.125. The highest BCUT2D eigenvalue weighted by molar-refractivity contribution is 7.99. The van der Waals surface area contributed by atoms with Crippen molar-refractivity contribution in [3.63, 3.8) is 0 Å². The van der Waals surface area contributed by atoms with Crippen LogP contribution < -0.4 is 5.56 Å². The summed E-state index contributed by atoms with van der Waals surface area (Å²) in [6.45, 7) is 4.06. The van der Waals surface area contributed by atoms with Gasteiger partial charge in [-0.25, -0.2) is 4.98 Å². The summed E-state index contributed by atoms with van der Waals surface area (Å²) in [5.41, 5.74) is 3.56. The number of hydrogen-bond donors (Lipinski definition) is 1. The average Bonchev–Trinajstić information content (AvgIpc) is 3.23. The third-order valence-electron chi connectivity index (χ3n) is 5.23. The molecule has 0 amide bonds. The largest absolute Gasteiger partial charge is 0.309 e. The number of H-pyrrole nitrogens is 1. The lowest BCUT2D eigenvalue weighted by Crippen LogP contribution is -2.13. The number of benzene rings is 2. The lowest BCUT2D eigenvalue weighted by Gasteiger charge is -2.15. The molecule has 0 radical (unpaired) electrons. The second-order valence-corrected chi connectivity index (χ2v) is 8.70. The summed E-state index contributed by atoms with van der Waals surface area (Å²) in [5, 5.41) is 10.1. The highest BCUT2D eigenvalue weighted by Crippen LogP contribution is 2.36. The zero-order valence-corrected chi connectivity index (χ0v) is 18.4. The van der Waals surface area contributed by atoms with E-state index in [0.717, 1.165) is 27.8 Å². The van der Waals surface area contributed by atoms with Gasteiger partial charge in [-0.1, -0.05) is 42.1 Å². The van der Waals surface area contributed by atoms with Crippen LogP contribution in [-0.2, 0) is 0 Å². The number of hydrogen-bond acceptors (Lipinski definition) is 6. The number of thioether (sulfide) groups is 1. The van der Waals surface area contributed by atoms with Gasteiger partial charge in [0.1, 0.15) is 5.82 Å². The predicted octanol–water partition coefficient (Wildman–Crippen LogP) is 4.73. The van der Waals surface area contributed by atoms with Crippen molar-refractivity contribution < 1.29 is 0 Å². The molecule has 1 atom stereocenters. The van der Waals surface area contributed by atoms with Gasteiger partial charge in [0.2, 0.25) is 0 Å². The van der Waals surface area contributed by atoms with Gasteiger partial charge in [-0.2, -0.15) is 0 Å². The van der Waals surface area contributed by atoms with E-state index in [1.54, 1.807) is 18.5 Å². The Morgan fingerprint density at radius 2 is 1.72 bits per heavy atom. The molecule has 0 aliphatic carbocycles. The van der Waals surface area contributed by atoms with Gasteiger partial charge < -0.3 is 4.98 Å². The number of nitrogens with one attached hydrogen (secondary N) is 1. The van der Waals surface area contributed by atoms with E-state index < -0.39 is 0 Å². The van der Waals surface area contributed by atoms with Gasteiger partial charge in [0.25, 0.3) is 5.56 Å². The van der Waals surface area contributed by atoms with Crippen LogP contribution in [0.2, 0.25) is 0 Å². The molecule has 1 N–H and O–H groups in total. The molecule has 0 aliphatic rings. The monoisotopic (exact) mass is 440 g/mol. The minimum atomic E-state index is -0.149. The van der Waals surface area contributed by atoms with Gasteiger partial charge in [0, 0.05) is 18.0 Å². The van der Waals surface area contributed by atoms with Crippen molar-refractivity contribution in [1.82, 2.24) is 29.7 Å². The van der Waals surface area contributed by atoms with E-state index in [1.807, 2.05) is 60.0 Å². The summed E-state index contributed by atoms with van der Waals surface area (Å²) in [6, 6.07) is 19.3. The molecule has 0 fully saturated rings. The van der Waals surface area contributed by atoms with E-state index in [2.05, 4.69) is 38.1 Å². The molecule has 0 bridgehead atoms. The molecule has 5 aromatic rings. The Morgan fingerprint density at radius 3 is 2.53 bits per heavy atom. The van der Waals surface area contributed by atoms with E-state index >= 15 is 0 Å². The number of aromatic nitrogens is 6. The SMILES string of the molecule is Cc1ccccc1-n1c(SC(C)c2nc3ccccc3c(=O)[nH]2)nnc1-c1ccncc1. The first-order chi connectivity index (χ1) is 15.6. The number of rotatable bonds is 5. The van der Waals surface area contributed by atoms with Crippen LogP contribution in [0.5, 0.6) is 0 Å². The Balaban J connectivity index is 1.59. The Hall–Kier alpha value is -3.78. The zero-order valence-electron chi connectivity index (χ0n) is 17.6. The number of nitrogens with zero attached hydrogens (tertiary/aromatic N) is 5. The van der Waals surface area contributed by atoms with Crippen molar-refractivity contribution in [3.8, 4) is 17.1 Å². The van der Waals surface area contributed by atoms with Crippen LogP contribution in [0, 0.1) is 6.92 Å². The molecule has 0 saturated heterocycles. The Morgan fingerprint density at radius 1 is 0.969 bits per heavy atom. The van der Waals surface area contributed by atoms with Crippen LogP contribution in [0.3, 0.4) is 0 Å². The van der Waals surface area contributed by atoms with E-state index in [-0.39, 0.29) is 10.8 Å². The quantitative estimate of drug-likeness (QED) is 0.398. The molecule has 32 heavy (non-hydrogen) atoms. The van der Waals surface area contributed by atoms with Crippen molar-refractivity contribution in [2.24, 2.45) is 0 Å². The normalized spacial score (nSPS) is 12.2. The van der Waals surface area contributed by atoms with Crippen LogP contribution in [0.25, 0.3) is 28.0 Å². The molecule has 0 spiro atoms. The van der Waals surface area contributed by atoms with Crippen molar-refractivity contribution in [3.05, 3.63) is 94.8 Å². The zero-order chi connectivity index (χ0) is 22.1. The maximum absolute atomic E-state index is 12.5. The molecule has 158 valence electrons. The highest BCUT2D eigenvalue weighted by atomic mass is 32.2. The minimum Gasteiger partial charge on any atom is -0.309 e. The number of para-hydroxylation sites is 2. The van der Waals surface area contributed by atoms with Crippen molar-refractivity contribution in [1.29, 1.82) is 0 Å². The molecule has 5 rings (SSSR count). The number of aromatic amines is 1. The van der Waals surface area contributed by atoms with Crippen LogP contribution in [0.15, 0.2) is 83.0 Å². The van der Waals surface area contributed by atoms with Crippen LogP contribution in [0.4, 0.5) is 0 Å². The van der Waals surface area contributed by atoms with Gasteiger partial charge in [-0.05, 0) is 49.7 Å². The van der Waals surface area contributed by atoms with E-state index in [1.165, 1.54) is 11.8 Å². The van der Waals surface area contributed by atoms with Crippen molar-refractivity contribution in [2.45, 2.75) is 24.3 Å². The minimum absolute atomic E-state index is 0.143. The predicted molar refractivity (Wildman–Crippen MR) is 126 cm³/mol. The molecular formula is C24H20N6OS. The third kappa shape index (κ3) is 3.69.